The molecule has 0 bridgehead atoms. The average molecular weight is 321 g/mol. The zero-order valence-electron chi connectivity index (χ0n) is 13.5. The molecule has 4 nitrogen and oxygen atoms in total. The molecule has 1 amide bonds. The number of benzene rings is 1. The monoisotopic (exact) mass is 321 g/mol. The Morgan fingerprint density at radius 2 is 2.04 bits per heavy atom. The Bertz CT molecular complexity index is 567. The van der Waals surface area contributed by atoms with Crippen LogP contribution in [0, 0.1) is 11.7 Å². The Morgan fingerprint density at radius 3 is 2.65 bits per heavy atom. The van der Waals surface area contributed by atoms with E-state index < -0.39 is 11.5 Å². The van der Waals surface area contributed by atoms with Gasteiger partial charge in [-0.2, -0.15) is 0 Å². The largest absolute Gasteiger partial charge is 0.481 e. The van der Waals surface area contributed by atoms with Crippen LogP contribution in [0.5, 0.6) is 0 Å². The van der Waals surface area contributed by atoms with Crippen molar-refractivity contribution in [3.63, 3.8) is 0 Å². The first-order valence-corrected chi connectivity index (χ1v) is 8.16. The third kappa shape index (κ3) is 5.34. The summed E-state index contributed by atoms with van der Waals surface area (Å²) >= 11 is 0. The fourth-order valence-corrected chi connectivity index (χ4v) is 3.49. The third-order valence-electron chi connectivity index (χ3n) is 4.46. The predicted molar refractivity (Wildman–Crippen MR) is 85.5 cm³/mol. The molecule has 1 aliphatic carbocycles. The fourth-order valence-electron chi connectivity index (χ4n) is 3.49. The van der Waals surface area contributed by atoms with Crippen molar-refractivity contribution in [1.82, 2.24) is 5.32 Å². The highest BCUT2D eigenvalue weighted by atomic mass is 19.1. The van der Waals surface area contributed by atoms with E-state index in [0.717, 1.165) is 31.2 Å². The van der Waals surface area contributed by atoms with Crippen molar-refractivity contribution >= 4 is 11.9 Å². The summed E-state index contributed by atoms with van der Waals surface area (Å²) in [6, 6.07) is 6.39. The second-order valence-corrected chi connectivity index (χ2v) is 6.75. The second kappa shape index (κ2) is 7.57. The third-order valence-corrected chi connectivity index (χ3v) is 4.46. The summed E-state index contributed by atoms with van der Waals surface area (Å²) < 4.78 is 13.2. The van der Waals surface area contributed by atoms with Crippen LogP contribution in [0.25, 0.3) is 0 Å². The molecule has 2 rings (SSSR count). The molecule has 1 atom stereocenters. The van der Waals surface area contributed by atoms with E-state index in [1.165, 1.54) is 12.1 Å². The highest BCUT2D eigenvalue weighted by Gasteiger charge is 2.37. The number of hydrogen-bond donors (Lipinski definition) is 2. The molecule has 0 aliphatic heterocycles. The second-order valence-electron chi connectivity index (χ2n) is 6.75. The summed E-state index contributed by atoms with van der Waals surface area (Å²) in [4.78, 5) is 23.3. The fraction of sp³-hybridized carbons (Fsp3) is 0.556. The Labute approximate surface area is 136 Å². The van der Waals surface area contributed by atoms with Crippen molar-refractivity contribution < 1.29 is 19.1 Å². The number of aliphatic carboxylic acids is 1. The molecule has 1 unspecified atom stereocenters. The zero-order valence-corrected chi connectivity index (χ0v) is 13.5. The van der Waals surface area contributed by atoms with E-state index in [9.17, 15) is 14.0 Å². The van der Waals surface area contributed by atoms with Gasteiger partial charge in [-0.25, -0.2) is 4.39 Å². The van der Waals surface area contributed by atoms with Crippen molar-refractivity contribution in [2.75, 3.05) is 0 Å². The van der Waals surface area contributed by atoms with Crippen molar-refractivity contribution in [3.8, 4) is 0 Å². The van der Waals surface area contributed by atoms with E-state index in [4.69, 9.17) is 5.11 Å². The highest BCUT2D eigenvalue weighted by molar-refractivity contribution is 5.78. The molecule has 0 aromatic heterocycles. The quantitative estimate of drug-likeness (QED) is 0.810. The number of halogens is 1. The van der Waals surface area contributed by atoms with Gasteiger partial charge in [-0.15, -0.1) is 0 Å². The van der Waals surface area contributed by atoms with Crippen molar-refractivity contribution in [1.29, 1.82) is 0 Å². The lowest BCUT2D eigenvalue weighted by Gasteiger charge is -2.29. The molecule has 1 aromatic rings. The Morgan fingerprint density at radius 1 is 1.35 bits per heavy atom. The molecule has 0 heterocycles. The minimum Gasteiger partial charge on any atom is -0.481 e. The highest BCUT2D eigenvalue weighted by Crippen LogP contribution is 2.33. The summed E-state index contributed by atoms with van der Waals surface area (Å²) in [5.41, 5.74) is 0.285. The molecule has 1 fully saturated rings. The van der Waals surface area contributed by atoms with Gasteiger partial charge in [-0.05, 0) is 42.9 Å². The van der Waals surface area contributed by atoms with Crippen LogP contribution in [-0.4, -0.2) is 22.5 Å². The first-order chi connectivity index (χ1) is 10.9. The molecule has 126 valence electrons. The Hall–Kier alpha value is -1.91. The molecule has 1 aliphatic rings. The number of amides is 1. The topological polar surface area (TPSA) is 66.4 Å². The standard InChI is InChI=1S/C18H24FNO3/c1-13(9-14-5-4-6-15(19)11-14)10-16(21)20-18(12-17(22)23)7-2-3-8-18/h4-6,11,13H,2-3,7-10,12H2,1H3,(H,20,21)(H,22,23). The first kappa shape index (κ1) is 17.4. The summed E-state index contributed by atoms with van der Waals surface area (Å²) in [7, 11) is 0. The zero-order chi connectivity index (χ0) is 16.9. The molecule has 5 heteroatoms. The predicted octanol–water partition coefficient (Wildman–Crippen LogP) is 3.30. The van der Waals surface area contributed by atoms with Crippen LogP contribution >= 0.6 is 0 Å². The van der Waals surface area contributed by atoms with Gasteiger partial charge in [0.05, 0.1) is 12.0 Å². The normalized spacial score (nSPS) is 17.7. The Balaban J connectivity index is 1.89. The van der Waals surface area contributed by atoms with Crippen LogP contribution < -0.4 is 5.32 Å². The number of rotatable bonds is 7. The number of carbonyl (C=O) groups excluding carboxylic acids is 1. The SMILES string of the molecule is CC(CC(=O)NC1(CC(=O)O)CCCC1)Cc1cccc(F)c1. The Kier molecular flexibility index (Phi) is 5.74. The van der Waals surface area contributed by atoms with E-state index in [1.54, 1.807) is 6.07 Å². The van der Waals surface area contributed by atoms with Gasteiger partial charge in [0.2, 0.25) is 5.91 Å². The maximum absolute atomic E-state index is 13.2. The van der Waals surface area contributed by atoms with Gasteiger partial charge in [0.25, 0.3) is 0 Å². The number of carbonyl (C=O) groups is 2. The van der Waals surface area contributed by atoms with Crippen LogP contribution in [0.4, 0.5) is 4.39 Å². The maximum atomic E-state index is 13.2. The molecule has 23 heavy (non-hydrogen) atoms. The van der Waals surface area contributed by atoms with Gasteiger partial charge >= 0.3 is 5.97 Å². The smallest absolute Gasteiger partial charge is 0.305 e. The summed E-state index contributed by atoms with van der Waals surface area (Å²) in [5, 5.41) is 12.0. The maximum Gasteiger partial charge on any atom is 0.305 e. The lowest BCUT2D eigenvalue weighted by atomic mass is 9.91. The van der Waals surface area contributed by atoms with Crippen LogP contribution in [0.2, 0.25) is 0 Å². The summed E-state index contributed by atoms with van der Waals surface area (Å²) in [6.07, 6.45) is 4.28. The lowest BCUT2D eigenvalue weighted by molar-refractivity contribution is -0.139. The van der Waals surface area contributed by atoms with Crippen LogP contribution in [0.1, 0.15) is 51.0 Å². The molecular weight excluding hydrogens is 297 g/mol. The van der Waals surface area contributed by atoms with Crippen LogP contribution in [0.15, 0.2) is 24.3 Å². The minimum absolute atomic E-state index is 0.0168. The lowest BCUT2D eigenvalue weighted by Crippen LogP contribution is -2.48. The van der Waals surface area contributed by atoms with Gasteiger partial charge in [-0.1, -0.05) is 31.9 Å². The van der Waals surface area contributed by atoms with Crippen LogP contribution in [0.3, 0.4) is 0 Å². The van der Waals surface area contributed by atoms with Gasteiger partial charge in [0.1, 0.15) is 5.82 Å². The molecule has 0 saturated heterocycles. The van der Waals surface area contributed by atoms with Gasteiger partial charge in [-0.3, -0.25) is 9.59 Å². The van der Waals surface area contributed by atoms with Gasteiger partial charge < -0.3 is 10.4 Å². The van der Waals surface area contributed by atoms with E-state index >= 15 is 0 Å². The van der Waals surface area contributed by atoms with Gasteiger partial charge in [0.15, 0.2) is 0 Å². The number of hydrogen-bond acceptors (Lipinski definition) is 2. The number of nitrogens with one attached hydrogen (secondary N) is 1. The molecule has 0 spiro atoms. The van der Waals surface area contributed by atoms with E-state index in [1.807, 2.05) is 13.0 Å². The van der Waals surface area contributed by atoms with Crippen molar-refractivity contribution in [2.24, 2.45) is 5.92 Å². The number of carboxylic acid groups (broad SMARTS) is 1. The molecule has 0 radical (unpaired) electrons. The van der Waals surface area contributed by atoms with Crippen molar-refractivity contribution in [3.05, 3.63) is 35.6 Å². The number of carboxylic acids is 1. The van der Waals surface area contributed by atoms with Crippen molar-refractivity contribution in [2.45, 2.75) is 57.4 Å². The molecule has 1 aromatic carbocycles. The summed E-state index contributed by atoms with van der Waals surface area (Å²) in [5.74, 6) is -1.19. The minimum atomic E-state index is -0.875. The summed E-state index contributed by atoms with van der Waals surface area (Å²) in [6.45, 7) is 1.95. The average Bonchev–Trinajstić information content (AvgIpc) is 2.85. The molecule has 2 N–H and O–H groups in total. The van der Waals surface area contributed by atoms with E-state index in [0.29, 0.717) is 12.8 Å². The van der Waals surface area contributed by atoms with Gasteiger partial charge in [0, 0.05) is 6.42 Å². The first-order valence-electron chi connectivity index (χ1n) is 8.16. The molecular formula is C18H24FNO3. The van der Waals surface area contributed by atoms with Crippen LogP contribution in [-0.2, 0) is 16.0 Å². The van der Waals surface area contributed by atoms with E-state index in [-0.39, 0.29) is 24.1 Å². The van der Waals surface area contributed by atoms with E-state index in [2.05, 4.69) is 5.32 Å². The molecule has 1 saturated carbocycles.